The minimum Gasteiger partial charge on any atom is -0.494 e. The van der Waals surface area contributed by atoms with Gasteiger partial charge in [-0.05, 0) is 131 Å². The molecule has 5 aromatic rings. The van der Waals surface area contributed by atoms with E-state index in [1.807, 2.05) is 72.8 Å². The van der Waals surface area contributed by atoms with Crippen LogP contribution in [0.3, 0.4) is 0 Å². The van der Waals surface area contributed by atoms with Gasteiger partial charge in [0.05, 0.1) is 36.0 Å². The van der Waals surface area contributed by atoms with Crippen molar-refractivity contribution < 1.29 is 19.1 Å². The van der Waals surface area contributed by atoms with E-state index in [9.17, 15) is 9.59 Å². The maximum Gasteiger partial charge on any atom is 0.333 e. The van der Waals surface area contributed by atoms with E-state index >= 15 is 0 Å². The second-order valence-electron chi connectivity index (χ2n) is 12.4. The molecule has 0 saturated heterocycles. The summed E-state index contributed by atoms with van der Waals surface area (Å²) in [6.07, 6.45) is 3.60. The molecule has 1 amide bonds. The maximum atomic E-state index is 13.2. The van der Waals surface area contributed by atoms with E-state index in [-0.39, 0.29) is 11.9 Å². The van der Waals surface area contributed by atoms with Gasteiger partial charge in [0.25, 0.3) is 5.91 Å². The second kappa shape index (κ2) is 19.4. The number of fused-ring (bicyclic) bond motifs is 1. The Balaban J connectivity index is 1.13. The van der Waals surface area contributed by atoms with Crippen LogP contribution >= 0.6 is 0 Å². The van der Waals surface area contributed by atoms with Gasteiger partial charge in [-0.2, -0.15) is 15.3 Å². The largest absolute Gasteiger partial charge is 0.494 e. The molecule has 0 aliphatic rings. The molecule has 0 fully saturated rings. The van der Waals surface area contributed by atoms with Crippen LogP contribution in [0.4, 0.5) is 34.1 Å². The third-order valence-electron chi connectivity index (χ3n) is 8.54. The molecule has 0 bridgehead atoms. The minimum absolute atomic E-state index is 0.225. The van der Waals surface area contributed by atoms with Crippen molar-refractivity contribution in [3.05, 3.63) is 127 Å². The maximum absolute atomic E-state index is 13.2. The van der Waals surface area contributed by atoms with Crippen LogP contribution in [-0.2, 0) is 9.53 Å². The molecular formula is C43H46N6O4. The Labute approximate surface area is 311 Å². The monoisotopic (exact) mass is 710 g/mol. The fraction of sp³-hybridized carbons (Fsp3) is 0.256. The van der Waals surface area contributed by atoms with Crippen molar-refractivity contribution in [3.63, 3.8) is 0 Å². The zero-order valence-corrected chi connectivity index (χ0v) is 30.6. The molecular weight excluding hydrogens is 665 g/mol. The molecule has 0 radical (unpaired) electrons. The van der Waals surface area contributed by atoms with Gasteiger partial charge in [-0.3, -0.25) is 4.79 Å². The summed E-state index contributed by atoms with van der Waals surface area (Å²) in [5.41, 5.74) is 5.65. The topological polar surface area (TPSA) is 117 Å². The van der Waals surface area contributed by atoms with E-state index in [4.69, 9.17) is 9.47 Å². The molecule has 0 spiro atoms. The van der Waals surface area contributed by atoms with Crippen LogP contribution in [0.1, 0.15) is 56.8 Å². The van der Waals surface area contributed by atoms with E-state index < -0.39 is 0 Å². The number of hydrogen-bond acceptors (Lipinski definition) is 9. The smallest absolute Gasteiger partial charge is 0.333 e. The molecule has 0 unspecified atom stereocenters. The first-order valence-corrected chi connectivity index (χ1v) is 18.0. The number of amides is 1. The molecule has 53 heavy (non-hydrogen) atoms. The Morgan fingerprint density at radius 1 is 0.660 bits per heavy atom. The van der Waals surface area contributed by atoms with Crippen molar-refractivity contribution in [1.82, 2.24) is 0 Å². The van der Waals surface area contributed by atoms with Gasteiger partial charge in [-0.25, -0.2) is 4.79 Å². The summed E-state index contributed by atoms with van der Waals surface area (Å²) >= 11 is 0. The van der Waals surface area contributed by atoms with Crippen molar-refractivity contribution >= 4 is 56.8 Å². The predicted octanol–water partition coefficient (Wildman–Crippen LogP) is 11.8. The number of azo groups is 2. The first kappa shape index (κ1) is 38.1. The molecule has 272 valence electrons. The van der Waals surface area contributed by atoms with Crippen LogP contribution in [0.15, 0.2) is 142 Å². The van der Waals surface area contributed by atoms with Gasteiger partial charge in [0.1, 0.15) is 5.75 Å². The normalized spacial score (nSPS) is 11.2. The standard InChI is InChI=1S/C43H46N6O4/c1-5-49(6-2)36-23-21-35(22-24-36)46-45-33-17-19-34(20-18-33)47-48-41-28-27-40(38-13-9-10-14-39(38)41)44-42(50)32-15-25-37(26-16-32)52-29-11-7-8-12-30-53-43(51)31(3)4/h9-10,13-28H,3,5-8,11-12,29-30H2,1-2,4H3,(H,44,50). The van der Waals surface area contributed by atoms with E-state index in [1.165, 1.54) is 5.69 Å². The van der Waals surface area contributed by atoms with Crippen LogP contribution < -0.4 is 15.0 Å². The number of benzene rings is 5. The molecule has 10 heteroatoms. The molecule has 10 nitrogen and oxygen atoms in total. The summed E-state index contributed by atoms with van der Waals surface area (Å²) in [4.78, 5) is 26.9. The average molecular weight is 711 g/mol. The number of carbonyl (C=O) groups is 2. The van der Waals surface area contributed by atoms with Gasteiger partial charge in [0, 0.05) is 46.4 Å². The lowest BCUT2D eigenvalue weighted by Crippen LogP contribution is -2.21. The first-order chi connectivity index (χ1) is 25.8. The van der Waals surface area contributed by atoms with Gasteiger partial charge >= 0.3 is 5.97 Å². The molecule has 0 saturated carbocycles. The average Bonchev–Trinajstić information content (AvgIpc) is 3.19. The molecule has 0 heterocycles. The Kier molecular flexibility index (Phi) is 14.0. The predicted molar refractivity (Wildman–Crippen MR) is 213 cm³/mol. The van der Waals surface area contributed by atoms with Crippen LogP contribution in [-0.4, -0.2) is 38.2 Å². The number of unbranched alkanes of at least 4 members (excludes halogenated alkanes) is 3. The zero-order chi connectivity index (χ0) is 37.4. The lowest BCUT2D eigenvalue weighted by atomic mass is 10.1. The molecule has 1 N–H and O–H groups in total. The summed E-state index contributed by atoms with van der Waals surface area (Å²) in [6, 6.07) is 34.0. The van der Waals surface area contributed by atoms with Crippen molar-refractivity contribution in [3.8, 4) is 5.75 Å². The van der Waals surface area contributed by atoms with Gasteiger partial charge in [0.15, 0.2) is 0 Å². The molecule has 0 atom stereocenters. The van der Waals surface area contributed by atoms with E-state index in [0.717, 1.165) is 55.2 Å². The van der Waals surface area contributed by atoms with Gasteiger partial charge in [-0.1, -0.05) is 30.8 Å². The third-order valence-corrected chi connectivity index (χ3v) is 8.54. The third kappa shape index (κ3) is 11.2. The Bertz CT molecular complexity index is 2040. The highest BCUT2D eigenvalue weighted by Gasteiger charge is 2.11. The number of rotatable bonds is 18. The minimum atomic E-state index is -0.345. The number of ether oxygens (including phenoxy) is 2. The number of esters is 1. The zero-order valence-electron chi connectivity index (χ0n) is 30.6. The van der Waals surface area contributed by atoms with Crippen LogP contribution in [0.25, 0.3) is 10.8 Å². The second-order valence-corrected chi connectivity index (χ2v) is 12.4. The lowest BCUT2D eigenvalue weighted by molar-refractivity contribution is -0.139. The highest BCUT2D eigenvalue weighted by molar-refractivity contribution is 6.11. The number of nitrogens with zero attached hydrogens (tertiary/aromatic N) is 5. The van der Waals surface area contributed by atoms with E-state index in [2.05, 4.69) is 63.2 Å². The molecule has 5 rings (SSSR count). The Morgan fingerprint density at radius 3 is 1.83 bits per heavy atom. The van der Waals surface area contributed by atoms with Crippen LogP contribution in [0.5, 0.6) is 5.75 Å². The molecule has 5 aromatic carbocycles. The SMILES string of the molecule is C=C(C)C(=O)OCCCCCCOc1ccc(C(=O)Nc2ccc(N=Nc3ccc(N=Nc4ccc(N(CC)CC)cc4)cc3)c3ccccc23)cc1. The van der Waals surface area contributed by atoms with E-state index in [0.29, 0.717) is 52.8 Å². The summed E-state index contributed by atoms with van der Waals surface area (Å²) in [5, 5.41) is 22.5. The number of anilines is 2. The van der Waals surface area contributed by atoms with E-state index in [1.54, 1.807) is 31.2 Å². The number of carbonyl (C=O) groups excluding carboxylic acids is 2. The fourth-order valence-electron chi connectivity index (χ4n) is 5.54. The van der Waals surface area contributed by atoms with Crippen molar-refractivity contribution in [2.45, 2.75) is 46.5 Å². The molecule has 0 aliphatic carbocycles. The number of nitrogens with one attached hydrogen (secondary N) is 1. The van der Waals surface area contributed by atoms with Crippen molar-refractivity contribution in [1.29, 1.82) is 0 Å². The van der Waals surface area contributed by atoms with Crippen molar-refractivity contribution in [2.75, 3.05) is 36.5 Å². The van der Waals surface area contributed by atoms with Crippen LogP contribution in [0.2, 0.25) is 0 Å². The lowest BCUT2D eigenvalue weighted by Gasteiger charge is -2.20. The summed E-state index contributed by atoms with van der Waals surface area (Å²) in [6.45, 7) is 12.4. The highest BCUT2D eigenvalue weighted by atomic mass is 16.5. The molecule has 0 aliphatic heterocycles. The Morgan fingerprint density at radius 2 is 1.23 bits per heavy atom. The first-order valence-electron chi connectivity index (χ1n) is 18.0. The quantitative estimate of drug-likeness (QED) is 0.0420. The number of hydrogen-bond donors (Lipinski definition) is 1. The summed E-state index contributed by atoms with van der Waals surface area (Å²) in [5.74, 6) is 0.132. The van der Waals surface area contributed by atoms with Gasteiger partial charge in [-0.15, -0.1) is 5.11 Å². The van der Waals surface area contributed by atoms with Crippen LogP contribution in [0, 0.1) is 0 Å². The molecule has 0 aromatic heterocycles. The van der Waals surface area contributed by atoms with Gasteiger partial charge in [0.2, 0.25) is 0 Å². The van der Waals surface area contributed by atoms with Gasteiger partial charge < -0.3 is 19.7 Å². The fourth-order valence-corrected chi connectivity index (χ4v) is 5.54. The highest BCUT2D eigenvalue weighted by Crippen LogP contribution is 2.33. The van der Waals surface area contributed by atoms with Crippen molar-refractivity contribution in [2.24, 2.45) is 20.5 Å². The Hall–Kier alpha value is -6.16. The summed E-state index contributed by atoms with van der Waals surface area (Å²) in [7, 11) is 0. The summed E-state index contributed by atoms with van der Waals surface area (Å²) < 4.78 is 11.0.